The highest BCUT2D eigenvalue weighted by Crippen LogP contribution is 2.21. The van der Waals surface area contributed by atoms with E-state index in [-0.39, 0.29) is 36.9 Å². The summed E-state index contributed by atoms with van der Waals surface area (Å²) in [6.07, 6.45) is 4.33. The molecule has 1 atom stereocenters. The normalized spacial score (nSPS) is 14.6. The molecule has 3 rings (SSSR count). The van der Waals surface area contributed by atoms with E-state index < -0.39 is 0 Å². The molecule has 2 N–H and O–H groups in total. The van der Waals surface area contributed by atoms with Gasteiger partial charge in [0.25, 0.3) is 0 Å². The first-order valence-electron chi connectivity index (χ1n) is 8.13. The van der Waals surface area contributed by atoms with Crippen molar-refractivity contribution in [2.45, 2.75) is 12.5 Å². The van der Waals surface area contributed by atoms with Crippen LogP contribution in [0, 0.1) is 0 Å². The predicted molar refractivity (Wildman–Crippen MR) is 112 cm³/mol. The van der Waals surface area contributed by atoms with Gasteiger partial charge in [-0.2, -0.15) is 0 Å². The molecular weight excluding hydrogens is 439 g/mol. The van der Waals surface area contributed by atoms with E-state index in [4.69, 9.17) is 0 Å². The van der Waals surface area contributed by atoms with E-state index in [2.05, 4.69) is 31.5 Å². The van der Waals surface area contributed by atoms with Crippen LogP contribution in [0.25, 0.3) is 0 Å². The van der Waals surface area contributed by atoms with Gasteiger partial charge in [-0.1, -0.05) is 34.1 Å². The average Bonchev–Trinajstić information content (AvgIpc) is 2.63. The second-order valence-corrected chi connectivity index (χ2v) is 6.77. The topological polar surface area (TPSA) is 57.3 Å². The van der Waals surface area contributed by atoms with Crippen LogP contribution < -0.4 is 10.6 Å². The van der Waals surface area contributed by atoms with Gasteiger partial charge in [0.2, 0.25) is 0 Å². The molecule has 0 aliphatic carbocycles. The molecule has 1 aliphatic heterocycles. The van der Waals surface area contributed by atoms with E-state index in [1.807, 2.05) is 47.5 Å². The second kappa shape index (κ2) is 11.4. The fraction of sp³-hybridized carbons (Fsp3) is 0.333. The van der Waals surface area contributed by atoms with Crippen LogP contribution in [0.2, 0.25) is 0 Å². The number of aromatic nitrogens is 1. The Balaban J connectivity index is 0.00000169. The molecule has 26 heavy (non-hydrogen) atoms. The summed E-state index contributed by atoms with van der Waals surface area (Å²) >= 11 is 3.46. The number of amides is 2. The Kier molecular flexibility index (Phi) is 9.94. The van der Waals surface area contributed by atoms with Crippen molar-refractivity contribution < 1.29 is 4.79 Å². The van der Waals surface area contributed by atoms with E-state index in [1.54, 1.807) is 6.20 Å². The monoisotopic (exact) mass is 460 g/mol. The van der Waals surface area contributed by atoms with Gasteiger partial charge in [0, 0.05) is 43.0 Å². The first-order chi connectivity index (χ1) is 11.7. The lowest BCUT2D eigenvalue weighted by atomic mass is 10.00. The molecule has 0 bridgehead atoms. The fourth-order valence-electron chi connectivity index (χ4n) is 2.81. The number of nitrogens with one attached hydrogen (secondary N) is 2. The average molecular weight is 462 g/mol. The maximum absolute atomic E-state index is 12.6. The Morgan fingerprint density at radius 1 is 1.19 bits per heavy atom. The first-order valence-corrected chi connectivity index (χ1v) is 8.92. The summed E-state index contributed by atoms with van der Waals surface area (Å²) in [5.41, 5.74) is 2.19. The summed E-state index contributed by atoms with van der Waals surface area (Å²) in [5, 5.41) is 6.45. The SMILES string of the molecule is Cl.Cl.O=C(NC(Cc1cccnc1)c1ccc(Br)cc1)N1CCNCC1. The van der Waals surface area contributed by atoms with Crippen molar-refractivity contribution in [2.24, 2.45) is 0 Å². The highest BCUT2D eigenvalue weighted by atomic mass is 79.9. The second-order valence-electron chi connectivity index (χ2n) is 5.86. The van der Waals surface area contributed by atoms with Gasteiger partial charge < -0.3 is 15.5 Å². The Morgan fingerprint density at radius 3 is 2.50 bits per heavy atom. The van der Waals surface area contributed by atoms with E-state index in [0.29, 0.717) is 6.42 Å². The highest BCUT2D eigenvalue weighted by Gasteiger charge is 2.21. The van der Waals surface area contributed by atoms with Crippen molar-refractivity contribution in [3.63, 3.8) is 0 Å². The van der Waals surface area contributed by atoms with E-state index >= 15 is 0 Å². The molecule has 1 aliphatic rings. The molecule has 2 heterocycles. The van der Waals surface area contributed by atoms with Gasteiger partial charge in [-0.25, -0.2) is 4.79 Å². The van der Waals surface area contributed by atoms with Crippen LogP contribution in [0.4, 0.5) is 4.79 Å². The van der Waals surface area contributed by atoms with Gasteiger partial charge in [0.1, 0.15) is 0 Å². The lowest BCUT2D eigenvalue weighted by Gasteiger charge is -2.30. The minimum Gasteiger partial charge on any atom is -0.331 e. The molecule has 5 nitrogen and oxygen atoms in total. The first kappa shape index (κ1) is 22.7. The summed E-state index contributed by atoms with van der Waals surface area (Å²) in [7, 11) is 0. The smallest absolute Gasteiger partial charge is 0.317 e. The maximum atomic E-state index is 12.6. The van der Waals surface area contributed by atoms with Gasteiger partial charge in [0.15, 0.2) is 0 Å². The number of carbonyl (C=O) groups excluding carboxylic acids is 1. The molecule has 1 fully saturated rings. The third-order valence-corrected chi connectivity index (χ3v) is 4.67. The molecular formula is C18H23BrCl2N4O. The highest BCUT2D eigenvalue weighted by molar-refractivity contribution is 9.10. The lowest BCUT2D eigenvalue weighted by molar-refractivity contribution is 0.186. The number of benzene rings is 1. The molecule has 8 heteroatoms. The summed E-state index contributed by atoms with van der Waals surface area (Å²) in [5.74, 6) is 0. The molecule has 1 aromatic heterocycles. The zero-order valence-electron chi connectivity index (χ0n) is 14.2. The molecule has 142 valence electrons. The summed E-state index contributed by atoms with van der Waals surface area (Å²) in [4.78, 5) is 18.6. The van der Waals surface area contributed by atoms with E-state index in [9.17, 15) is 4.79 Å². The minimum atomic E-state index is -0.0790. The van der Waals surface area contributed by atoms with Crippen molar-refractivity contribution in [3.8, 4) is 0 Å². The van der Waals surface area contributed by atoms with Crippen LogP contribution in [-0.2, 0) is 6.42 Å². The molecule has 0 saturated carbocycles. The van der Waals surface area contributed by atoms with Crippen LogP contribution in [-0.4, -0.2) is 42.1 Å². The number of nitrogens with zero attached hydrogens (tertiary/aromatic N) is 2. The molecule has 2 amide bonds. The number of pyridine rings is 1. The van der Waals surface area contributed by atoms with E-state index in [1.165, 1.54) is 0 Å². The number of urea groups is 1. The van der Waals surface area contributed by atoms with Crippen LogP contribution >= 0.6 is 40.7 Å². The number of rotatable bonds is 4. The number of halogens is 3. The number of hydrogen-bond donors (Lipinski definition) is 2. The quantitative estimate of drug-likeness (QED) is 0.731. The molecule has 1 saturated heterocycles. The molecule has 1 aromatic carbocycles. The van der Waals surface area contributed by atoms with Crippen LogP contribution in [0.1, 0.15) is 17.2 Å². The van der Waals surface area contributed by atoms with Crippen molar-refractivity contribution in [1.82, 2.24) is 20.5 Å². The number of piperazine rings is 1. The summed E-state index contributed by atoms with van der Waals surface area (Å²) in [6.45, 7) is 3.18. The number of hydrogen-bond acceptors (Lipinski definition) is 3. The van der Waals surface area contributed by atoms with Gasteiger partial charge in [0.05, 0.1) is 6.04 Å². The Hall–Kier alpha value is -1.34. The summed E-state index contributed by atoms with van der Waals surface area (Å²) < 4.78 is 1.03. The van der Waals surface area contributed by atoms with Crippen LogP contribution in [0.3, 0.4) is 0 Å². The van der Waals surface area contributed by atoms with Gasteiger partial charge in [-0.3, -0.25) is 4.98 Å². The van der Waals surface area contributed by atoms with E-state index in [0.717, 1.165) is 41.8 Å². The standard InChI is InChI=1S/C18H21BrN4O.2ClH/c19-16-5-3-15(4-6-16)17(12-14-2-1-7-21-13-14)22-18(24)23-10-8-20-9-11-23;;/h1-7,13,17,20H,8-12H2,(H,22,24);2*1H. The zero-order chi connectivity index (χ0) is 16.8. The minimum absolute atomic E-state index is 0. The predicted octanol–water partition coefficient (Wildman–Crippen LogP) is 3.59. The molecule has 1 unspecified atom stereocenters. The molecule has 0 radical (unpaired) electrons. The maximum Gasteiger partial charge on any atom is 0.317 e. The Labute approximate surface area is 174 Å². The molecule has 2 aromatic rings. The van der Waals surface area contributed by atoms with Crippen molar-refractivity contribution in [2.75, 3.05) is 26.2 Å². The molecule has 0 spiro atoms. The van der Waals surface area contributed by atoms with Gasteiger partial charge in [-0.05, 0) is 35.7 Å². The largest absolute Gasteiger partial charge is 0.331 e. The van der Waals surface area contributed by atoms with Crippen molar-refractivity contribution in [1.29, 1.82) is 0 Å². The zero-order valence-corrected chi connectivity index (χ0v) is 17.4. The Morgan fingerprint density at radius 2 is 1.88 bits per heavy atom. The lowest BCUT2D eigenvalue weighted by Crippen LogP contribution is -2.51. The van der Waals surface area contributed by atoms with Crippen molar-refractivity contribution in [3.05, 3.63) is 64.4 Å². The Bertz CT molecular complexity index is 667. The van der Waals surface area contributed by atoms with Gasteiger partial charge in [-0.15, -0.1) is 24.8 Å². The van der Waals surface area contributed by atoms with Crippen molar-refractivity contribution >= 4 is 46.8 Å². The van der Waals surface area contributed by atoms with Gasteiger partial charge >= 0.3 is 6.03 Å². The van der Waals surface area contributed by atoms with Crippen LogP contribution in [0.15, 0.2) is 53.3 Å². The van der Waals surface area contributed by atoms with Crippen LogP contribution in [0.5, 0.6) is 0 Å². The third kappa shape index (κ3) is 6.43. The summed E-state index contributed by atoms with van der Waals surface area (Å²) in [6, 6.07) is 12.0. The number of carbonyl (C=O) groups is 1. The fourth-order valence-corrected chi connectivity index (χ4v) is 3.07. The third-order valence-electron chi connectivity index (χ3n) is 4.14.